The van der Waals surface area contributed by atoms with Gasteiger partial charge in [-0.15, -0.1) is 0 Å². The summed E-state index contributed by atoms with van der Waals surface area (Å²) in [6.45, 7) is 3.99. The Balaban J connectivity index is 2.68. The standard InChI is InChI=1S/C15H20ClNO4/c1-4-9-17(10-14(18)20-3)15(19)11(2)21-13-7-5-12(16)6-8-13/h5-8,11H,4,9-10H2,1-3H3. The fourth-order valence-electron chi connectivity index (χ4n) is 1.78. The molecular formula is C15H20ClNO4. The number of rotatable bonds is 7. The van der Waals surface area contributed by atoms with Gasteiger partial charge in [-0.3, -0.25) is 9.59 Å². The molecule has 6 heteroatoms. The second-order valence-electron chi connectivity index (χ2n) is 4.55. The molecule has 0 N–H and O–H groups in total. The van der Waals surface area contributed by atoms with Gasteiger partial charge in [-0.1, -0.05) is 18.5 Å². The van der Waals surface area contributed by atoms with Gasteiger partial charge in [0.25, 0.3) is 5.91 Å². The molecule has 1 unspecified atom stereocenters. The quantitative estimate of drug-likeness (QED) is 0.726. The number of nitrogens with zero attached hydrogens (tertiary/aromatic N) is 1. The van der Waals surface area contributed by atoms with Gasteiger partial charge < -0.3 is 14.4 Å². The molecule has 0 fully saturated rings. The minimum absolute atomic E-state index is 0.0719. The van der Waals surface area contributed by atoms with E-state index in [-0.39, 0.29) is 12.5 Å². The van der Waals surface area contributed by atoms with E-state index in [2.05, 4.69) is 4.74 Å². The smallest absolute Gasteiger partial charge is 0.325 e. The zero-order valence-electron chi connectivity index (χ0n) is 12.5. The fraction of sp³-hybridized carbons (Fsp3) is 0.467. The van der Waals surface area contributed by atoms with E-state index in [1.807, 2.05) is 6.92 Å². The van der Waals surface area contributed by atoms with Crippen molar-refractivity contribution in [3.05, 3.63) is 29.3 Å². The molecular weight excluding hydrogens is 294 g/mol. The Hall–Kier alpha value is -1.75. The van der Waals surface area contributed by atoms with Crippen LogP contribution in [0.15, 0.2) is 24.3 Å². The zero-order valence-corrected chi connectivity index (χ0v) is 13.2. The van der Waals surface area contributed by atoms with Crippen molar-refractivity contribution in [3.8, 4) is 5.75 Å². The van der Waals surface area contributed by atoms with Gasteiger partial charge in [-0.2, -0.15) is 0 Å². The molecule has 0 saturated heterocycles. The van der Waals surface area contributed by atoms with Gasteiger partial charge in [0.2, 0.25) is 0 Å². The van der Waals surface area contributed by atoms with E-state index in [1.165, 1.54) is 12.0 Å². The third-order valence-corrected chi connectivity index (χ3v) is 3.08. The van der Waals surface area contributed by atoms with E-state index in [9.17, 15) is 9.59 Å². The number of methoxy groups -OCH3 is 1. The summed E-state index contributed by atoms with van der Waals surface area (Å²) in [5, 5.41) is 0.597. The number of hydrogen-bond acceptors (Lipinski definition) is 4. The van der Waals surface area contributed by atoms with Crippen LogP contribution in [0.5, 0.6) is 5.75 Å². The molecule has 0 aliphatic carbocycles. The van der Waals surface area contributed by atoms with Crippen LogP contribution in [0, 0.1) is 0 Å². The topological polar surface area (TPSA) is 55.8 Å². The van der Waals surface area contributed by atoms with Gasteiger partial charge in [-0.05, 0) is 37.6 Å². The van der Waals surface area contributed by atoms with Gasteiger partial charge in [0.1, 0.15) is 12.3 Å². The summed E-state index contributed by atoms with van der Waals surface area (Å²) in [6, 6.07) is 6.76. The maximum Gasteiger partial charge on any atom is 0.325 e. The predicted octanol–water partition coefficient (Wildman–Crippen LogP) is 2.52. The number of benzene rings is 1. The van der Waals surface area contributed by atoms with E-state index >= 15 is 0 Å². The molecule has 0 radical (unpaired) electrons. The van der Waals surface area contributed by atoms with Crippen molar-refractivity contribution in [2.24, 2.45) is 0 Å². The Kier molecular flexibility index (Phi) is 7.02. The van der Waals surface area contributed by atoms with E-state index in [0.29, 0.717) is 17.3 Å². The molecule has 1 amide bonds. The number of halogens is 1. The third kappa shape index (κ3) is 5.63. The minimum atomic E-state index is -0.692. The fourth-order valence-corrected chi connectivity index (χ4v) is 1.91. The van der Waals surface area contributed by atoms with Crippen molar-refractivity contribution in [3.63, 3.8) is 0 Å². The Morgan fingerprint density at radius 3 is 2.43 bits per heavy atom. The van der Waals surface area contributed by atoms with Gasteiger partial charge in [0, 0.05) is 11.6 Å². The highest BCUT2D eigenvalue weighted by Gasteiger charge is 2.23. The van der Waals surface area contributed by atoms with Crippen LogP contribution in [0.4, 0.5) is 0 Å². The number of ether oxygens (including phenoxy) is 2. The summed E-state index contributed by atoms with van der Waals surface area (Å²) < 4.78 is 10.2. The summed E-state index contributed by atoms with van der Waals surface area (Å²) in [4.78, 5) is 25.1. The van der Waals surface area contributed by atoms with Gasteiger partial charge in [0.05, 0.1) is 7.11 Å². The van der Waals surface area contributed by atoms with Crippen molar-refractivity contribution in [1.82, 2.24) is 4.90 Å². The van der Waals surface area contributed by atoms with Crippen LogP contribution in [0.2, 0.25) is 5.02 Å². The highest BCUT2D eigenvalue weighted by molar-refractivity contribution is 6.30. The molecule has 1 aromatic carbocycles. The van der Waals surface area contributed by atoms with E-state index < -0.39 is 12.1 Å². The lowest BCUT2D eigenvalue weighted by molar-refractivity contribution is -0.149. The van der Waals surface area contributed by atoms with Gasteiger partial charge >= 0.3 is 5.97 Å². The maximum absolute atomic E-state index is 12.3. The average Bonchev–Trinajstić information content (AvgIpc) is 2.48. The lowest BCUT2D eigenvalue weighted by Gasteiger charge is -2.24. The highest BCUT2D eigenvalue weighted by atomic mass is 35.5. The molecule has 1 rings (SSSR count). The molecule has 0 saturated carbocycles. The Morgan fingerprint density at radius 2 is 1.90 bits per heavy atom. The molecule has 0 aliphatic heterocycles. The summed E-state index contributed by atoms with van der Waals surface area (Å²) in [6.07, 6.45) is 0.0542. The highest BCUT2D eigenvalue weighted by Crippen LogP contribution is 2.17. The first-order chi connectivity index (χ1) is 9.97. The number of amides is 1. The molecule has 0 heterocycles. The minimum Gasteiger partial charge on any atom is -0.481 e. The second kappa shape index (κ2) is 8.52. The molecule has 116 valence electrons. The Morgan fingerprint density at radius 1 is 1.29 bits per heavy atom. The SMILES string of the molecule is CCCN(CC(=O)OC)C(=O)C(C)Oc1ccc(Cl)cc1. The third-order valence-electron chi connectivity index (χ3n) is 2.83. The summed E-state index contributed by atoms with van der Waals surface area (Å²) in [5.74, 6) is -0.151. The largest absolute Gasteiger partial charge is 0.481 e. The molecule has 0 spiro atoms. The molecule has 21 heavy (non-hydrogen) atoms. The normalized spacial score (nSPS) is 11.6. The summed E-state index contributed by atoms with van der Waals surface area (Å²) >= 11 is 5.79. The number of carbonyl (C=O) groups excluding carboxylic acids is 2. The van der Waals surface area contributed by atoms with E-state index in [0.717, 1.165) is 6.42 Å². The average molecular weight is 314 g/mol. The molecule has 0 aliphatic rings. The van der Waals surface area contributed by atoms with Crippen LogP contribution in [-0.2, 0) is 14.3 Å². The second-order valence-corrected chi connectivity index (χ2v) is 4.99. The van der Waals surface area contributed by atoms with Gasteiger partial charge in [0.15, 0.2) is 6.10 Å². The number of esters is 1. The van der Waals surface area contributed by atoms with Crippen LogP contribution >= 0.6 is 11.6 Å². The van der Waals surface area contributed by atoms with Crippen molar-refractivity contribution in [2.45, 2.75) is 26.4 Å². The monoisotopic (exact) mass is 313 g/mol. The van der Waals surface area contributed by atoms with Crippen LogP contribution in [0.1, 0.15) is 20.3 Å². The Bertz CT molecular complexity index is 475. The maximum atomic E-state index is 12.3. The van der Waals surface area contributed by atoms with Crippen molar-refractivity contribution in [2.75, 3.05) is 20.2 Å². The Labute approximate surface area is 129 Å². The van der Waals surface area contributed by atoms with E-state index in [1.54, 1.807) is 31.2 Å². The molecule has 0 bridgehead atoms. The lowest BCUT2D eigenvalue weighted by Crippen LogP contribution is -2.43. The van der Waals surface area contributed by atoms with Crippen molar-refractivity contribution >= 4 is 23.5 Å². The zero-order chi connectivity index (χ0) is 15.8. The summed E-state index contributed by atoms with van der Waals surface area (Å²) in [5.41, 5.74) is 0. The number of hydrogen-bond donors (Lipinski definition) is 0. The van der Waals surface area contributed by atoms with Gasteiger partial charge in [-0.25, -0.2) is 0 Å². The predicted molar refractivity (Wildman–Crippen MR) is 80.4 cm³/mol. The molecule has 0 aromatic heterocycles. The van der Waals surface area contributed by atoms with Crippen molar-refractivity contribution < 1.29 is 19.1 Å². The lowest BCUT2D eigenvalue weighted by atomic mass is 10.3. The molecule has 1 atom stereocenters. The molecule has 1 aromatic rings. The first-order valence-electron chi connectivity index (χ1n) is 6.75. The van der Waals surface area contributed by atoms with E-state index in [4.69, 9.17) is 16.3 Å². The number of carbonyl (C=O) groups is 2. The first-order valence-corrected chi connectivity index (χ1v) is 7.13. The summed E-state index contributed by atoms with van der Waals surface area (Å²) in [7, 11) is 1.30. The van der Waals surface area contributed by atoms with Crippen LogP contribution in [0.3, 0.4) is 0 Å². The first kappa shape index (κ1) is 17.3. The van der Waals surface area contributed by atoms with Crippen LogP contribution in [-0.4, -0.2) is 43.1 Å². The van der Waals surface area contributed by atoms with Crippen LogP contribution < -0.4 is 4.74 Å². The van der Waals surface area contributed by atoms with Crippen LogP contribution in [0.25, 0.3) is 0 Å². The van der Waals surface area contributed by atoms with Crippen molar-refractivity contribution in [1.29, 1.82) is 0 Å². The molecule has 5 nitrogen and oxygen atoms in total.